The minimum absolute atomic E-state index is 0.173. The first-order chi connectivity index (χ1) is 11.0. The van der Waals surface area contributed by atoms with Crippen LogP contribution in [0.1, 0.15) is 21.7 Å². The quantitative estimate of drug-likeness (QED) is 0.786. The highest BCUT2D eigenvalue weighted by atomic mass is 35.5. The molecule has 3 aromatic rings. The van der Waals surface area contributed by atoms with Gasteiger partial charge >= 0.3 is 5.97 Å². The Labute approximate surface area is 135 Å². The molecule has 0 unspecified atom stereocenters. The largest absolute Gasteiger partial charge is 0.478 e. The Bertz CT molecular complexity index is 862. The predicted octanol–water partition coefficient (Wildman–Crippen LogP) is 3.82. The Morgan fingerprint density at radius 3 is 2.61 bits per heavy atom. The highest BCUT2D eigenvalue weighted by Crippen LogP contribution is 2.22. The number of rotatable bonds is 4. The first kappa shape index (κ1) is 15.2. The monoisotopic (exact) mass is 332 g/mol. The molecular formula is C16H10ClFN2O3. The summed E-state index contributed by atoms with van der Waals surface area (Å²) < 4.78 is 18.2. The smallest absolute Gasteiger partial charge is 0.335 e. The van der Waals surface area contributed by atoms with Gasteiger partial charge in [0, 0.05) is 17.0 Å². The first-order valence-corrected chi connectivity index (χ1v) is 7.01. The van der Waals surface area contributed by atoms with E-state index in [1.165, 1.54) is 24.3 Å². The van der Waals surface area contributed by atoms with Gasteiger partial charge in [0.15, 0.2) is 5.82 Å². The third-order valence-electron chi connectivity index (χ3n) is 3.21. The third kappa shape index (κ3) is 3.37. The number of carboxylic acid groups (broad SMARTS) is 1. The molecule has 23 heavy (non-hydrogen) atoms. The van der Waals surface area contributed by atoms with E-state index in [4.69, 9.17) is 21.2 Å². The van der Waals surface area contributed by atoms with E-state index in [1.54, 1.807) is 18.2 Å². The molecule has 0 aliphatic rings. The predicted molar refractivity (Wildman–Crippen MR) is 80.9 cm³/mol. The number of hydrogen-bond donors (Lipinski definition) is 1. The summed E-state index contributed by atoms with van der Waals surface area (Å²) in [5.41, 5.74) is 1.46. The van der Waals surface area contributed by atoms with Gasteiger partial charge in [-0.2, -0.15) is 4.98 Å². The normalized spacial score (nSPS) is 10.7. The lowest BCUT2D eigenvalue weighted by Gasteiger charge is -2.00. The maximum atomic E-state index is 13.0. The molecule has 0 bridgehead atoms. The topological polar surface area (TPSA) is 76.2 Å². The maximum Gasteiger partial charge on any atom is 0.335 e. The fraction of sp³-hybridized carbons (Fsp3) is 0.0625. The number of aromatic carboxylic acids is 1. The van der Waals surface area contributed by atoms with Crippen molar-refractivity contribution < 1.29 is 18.8 Å². The van der Waals surface area contributed by atoms with Gasteiger partial charge in [-0.05, 0) is 42.0 Å². The lowest BCUT2D eigenvalue weighted by Crippen LogP contribution is -1.95. The molecule has 0 aliphatic heterocycles. The fourth-order valence-corrected chi connectivity index (χ4v) is 2.27. The Morgan fingerprint density at radius 2 is 1.96 bits per heavy atom. The summed E-state index contributed by atoms with van der Waals surface area (Å²) in [5, 5.41) is 13.0. The number of hydrogen-bond acceptors (Lipinski definition) is 4. The molecule has 1 N–H and O–H groups in total. The second-order valence-corrected chi connectivity index (χ2v) is 5.22. The van der Waals surface area contributed by atoms with Crippen molar-refractivity contribution in [3.05, 3.63) is 70.3 Å². The van der Waals surface area contributed by atoms with Crippen molar-refractivity contribution in [2.24, 2.45) is 0 Å². The molecule has 116 valence electrons. The molecule has 2 aromatic carbocycles. The molecule has 7 heteroatoms. The van der Waals surface area contributed by atoms with Crippen LogP contribution in [0.25, 0.3) is 11.5 Å². The van der Waals surface area contributed by atoms with Crippen LogP contribution >= 0.6 is 11.6 Å². The average molecular weight is 333 g/mol. The second kappa shape index (κ2) is 6.18. The van der Waals surface area contributed by atoms with Gasteiger partial charge in [0.2, 0.25) is 0 Å². The molecule has 0 amide bonds. The van der Waals surface area contributed by atoms with Gasteiger partial charge in [-0.1, -0.05) is 22.8 Å². The van der Waals surface area contributed by atoms with Crippen molar-refractivity contribution >= 4 is 17.6 Å². The number of aromatic nitrogens is 2. The minimum atomic E-state index is -1.01. The van der Waals surface area contributed by atoms with Gasteiger partial charge in [0.1, 0.15) is 5.82 Å². The molecule has 0 saturated heterocycles. The first-order valence-electron chi connectivity index (χ1n) is 6.63. The van der Waals surface area contributed by atoms with Gasteiger partial charge in [-0.15, -0.1) is 0 Å². The van der Waals surface area contributed by atoms with Crippen molar-refractivity contribution in [2.75, 3.05) is 0 Å². The zero-order valence-corrected chi connectivity index (χ0v) is 12.4. The Kier molecular flexibility index (Phi) is 4.08. The lowest BCUT2D eigenvalue weighted by molar-refractivity contribution is 0.0697. The Hall–Kier alpha value is -2.73. The molecule has 5 nitrogen and oxygen atoms in total. The zero-order chi connectivity index (χ0) is 16.4. The molecule has 1 aromatic heterocycles. The SMILES string of the molecule is O=C(O)c1ccc(-c2nc(Cc3ccc(F)cc3Cl)no2)cc1. The van der Waals surface area contributed by atoms with Crippen LogP contribution in [0.15, 0.2) is 47.0 Å². The van der Waals surface area contributed by atoms with Crippen molar-refractivity contribution in [1.82, 2.24) is 10.1 Å². The van der Waals surface area contributed by atoms with E-state index in [-0.39, 0.29) is 11.5 Å². The van der Waals surface area contributed by atoms with Gasteiger partial charge in [0.25, 0.3) is 5.89 Å². The summed E-state index contributed by atoms with van der Waals surface area (Å²) in [6.45, 7) is 0. The number of benzene rings is 2. The van der Waals surface area contributed by atoms with E-state index in [9.17, 15) is 9.18 Å². The van der Waals surface area contributed by atoms with Crippen molar-refractivity contribution in [1.29, 1.82) is 0 Å². The van der Waals surface area contributed by atoms with Gasteiger partial charge in [-0.3, -0.25) is 0 Å². The van der Waals surface area contributed by atoms with E-state index in [0.29, 0.717) is 28.4 Å². The van der Waals surface area contributed by atoms with E-state index in [0.717, 1.165) is 0 Å². The fourth-order valence-electron chi connectivity index (χ4n) is 2.03. The Balaban J connectivity index is 1.81. The second-order valence-electron chi connectivity index (χ2n) is 4.81. The van der Waals surface area contributed by atoms with Crippen LogP contribution in [0.5, 0.6) is 0 Å². The van der Waals surface area contributed by atoms with Crippen LogP contribution < -0.4 is 0 Å². The van der Waals surface area contributed by atoms with Gasteiger partial charge in [0.05, 0.1) is 5.56 Å². The summed E-state index contributed by atoms with van der Waals surface area (Å²) in [6, 6.07) is 10.2. The summed E-state index contributed by atoms with van der Waals surface area (Å²) in [5.74, 6) is -0.745. The maximum absolute atomic E-state index is 13.0. The van der Waals surface area contributed by atoms with E-state index >= 15 is 0 Å². The standard InChI is InChI=1S/C16H10ClFN2O3/c17-13-8-12(18)6-5-11(13)7-14-19-15(23-20-14)9-1-3-10(4-2-9)16(21)22/h1-6,8H,7H2,(H,21,22). The lowest BCUT2D eigenvalue weighted by atomic mass is 10.1. The molecular weight excluding hydrogens is 323 g/mol. The average Bonchev–Trinajstić information content (AvgIpc) is 2.99. The molecule has 0 spiro atoms. The summed E-state index contributed by atoms with van der Waals surface area (Å²) in [6.07, 6.45) is 0.301. The zero-order valence-electron chi connectivity index (χ0n) is 11.7. The molecule has 3 rings (SSSR count). The number of carboxylic acids is 1. The molecule has 0 aliphatic carbocycles. The Morgan fingerprint density at radius 1 is 1.22 bits per heavy atom. The van der Waals surface area contributed by atoms with Crippen LogP contribution in [0.3, 0.4) is 0 Å². The van der Waals surface area contributed by atoms with Crippen LogP contribution in [-0.2, 0) is 6.42 Å². The van der Waals surface area contributed by atoms with Crippen LogP contribution in [-0.4, -0.2) is 21.2 Å². The van der Waals surface area contributed by atoms with E-state index < -0.39 is 11.8 Å². The number of halogens is 2. The number of carbonyl (C=O) groups is 1. The van der Waals surface area contributed by atoms with E-state index in [2.05, 4.69) is 10.1 Å². The van der Waals surface area contributed by atoms with Crippen molar-refractivity contribution in [3.63, 3.8) is 0 Å². The van der Waals surface area contributed by atoms with Crippen LogP contribution in [0.2, 0.25) is 5.02 Å². The van der Waals surface area contributed by atoms with Crippen LogP contribution in [0.4, 0.5) is 4.39 Å². The molecule has 1 heterocycles. The highest BCUT2D eigenvalue weighted by Gasteiger charge is 2.12. The van der Waals surface area contributed by atoms with E-state index in [1.807, 2.05) is 0 Å². The molecule has 0 saturated carbocycles. The van der Waals surface area contributed by atoms with Crippen LogP contribution in [0, 0.1) is 5.82 Å². The minimum Gasteiger partial charge on any atom is -0.478 e. The highest BCUT2D eigenvalue weighted by molar-refractivity contribution is 6.31. The molecule has 0 radical (unpaired) electrons. The molecule has 0 atom stereocenters. The van der Waals surface area contributed by atoms with Gasteiger partial charge < -0.3 is 9.63 Å². The number of nitrogens with zero attached hydrogens (tertiary/aromatic N) is 2. The summed E-state index contributed by atoms with van der Waals surface area (Å²) in [7, 11) is 0. The van der Waals surface area contributed by atoms with Crippen molar-refractivity contribution in [2.45, 2.75) is 6.42 Å². The summed E-state index contributed by atoms with van der Waals surface area (Å²) in [4.78, 5) is 15.1. The third-order valence-corrected chi connectivity index (χ3v) is 3.56. The molecule has 0 fully saturated rings. The summed E-state index contributed by atoms with van der Waals surface area (Å²) >= 11 is 5.97. The van der Waals surface area contributed by atoms with Gasteiger partial charge in [-0.25, -0.2) is 9.18 Å². The van der Waals surface area contributed by atoms with Crippen molar-refractivity contribution in [3.8, 4) is 11.5 Å².